The van der Waals surface area contributed by atoms with Gasteiger partial charge in [-0.1, -0.05) is 11.8 Å². The summed E-state index contributed by atoms with van der Waals surface area (Å²) in [6.07, 6.45) is 2.08. The lowest BCUT2D eigenvalue weighted by molar-refractivity contribution is -0.131. The summed E-state index contributed by atoms with van der Waals surface area (Å²) in [4.78, 5) is 23.2. The Kier molecular flexibility index (Phi) is 4.20. The maximum absolute atomic E-state index is 12.5. The van der Waals surface area contributed by atoms with Gasteiger partial charge in [-0.3, -0.25) is 4.79 Å². The quantitative estimate of drug-likeness (QED) is 0.645. The zero-order valence-corrected chi connectivity index (χ0v) is 13.9. The molecule has 22 heavy (non-hydrogen) atoms. The van der Waals surface area contributed by atoms with E-state index in [0.29, 0.717) is 10.9 Å². The minimum atomic E-state index is 0.122. The molecule has 5 nitrogen and oxygen atoms in total. The number of aromatic nitrogens is 3. The number of rotatable bonds is 3. The zero-order chi connectivity index (χ0) is 15.7. The number of hydrogen-bond acceptors (Lipinski definition) is 4. The van der Waals surface area contributed by atoms with E-state index < -0.39 is 0 Å². The molecule has 0 fully saturated rings. The fourth-order valence-corrected chi connectivity index (χ4v) is 3.72. The molecule has 0 saturated carbocycles. The Morgan fingerprint density at radius 3 is 2.77 bits per heavy atom. The Labute approximate surface area is 134 Å². The minimum Gasteiger partial charge on any atom is -0.348 e. The molecule has 1 unspecified atom stereocenters. The van der Waals surface area contributed by atoms with Gasteiger partial charge in [0.2, 0.25) is 5.91 Å². The second-order valence-electron chi connectivity index (χ2n) is 5.61. The van der Waals surface area contributed by atoms with Gasteiger partial charge in [-0.15, -0.1) is 0 Å². The summed E-state index contributed by atoms with van der Waals surface area (Å²) in [5.41, 5.74) is 3.07. The van der Waals surface area contributed by atoms with Crippen LogP contribution in [0, 0.1) is 13.8 Å². The molecule has 116 valence electrons. The number of hydrogen-bond donors (Lipinski definition) is 0. The summed E-state index contributed by atoms with van der Waals surface area (Å²) < 4.78 is 2.22. The van der Waals surface area contributed by atoms with Crippen LogP contribution in [0.2, 0.25) is 0 Å². The standard InChI is InChI=1S/C16H20N4OS/c1-11-9-12(2)18-16(17-11)22-10-15(21)20-8-7-19-6-4-5-14(19)13(20)3/h4-6,9,13H,7-8,10H2,1-3H3. The van der Waals surface area contributed by atoms with Crippen LogP contribution >= 0.6 is 11.8 Å². The van der Waals surface area contributed by atoms with Gasteiger partial charge in [0.25, 0.3) is 0 Å². The average Bonchev–Trinajstić information content (AvgIpc) is 2.93. The van der Waals surface area contributed by atoms with Crippen molar-refractivity contribution in [3.8, 4) is 0 Å². The molecule has 0 saturated heterocycles. The third-order valence-corrected chi connectivity index (χ3v) is 4.78. The molecule has 1 amide bonds. The van der Waals surface area contributed by atoms with Crippen molar-refractivity contribution in [2.24, 2.45) is 0 Å². The Bertz CT molecular complexity index is 677. The first kappa shape index (κ1) is 15.1. The lowest BCUT2D eigenvalue weighted by Gasteiger charge is -2.34. The van der Waals surface area contributed by atoms with Crippen LogP contribution in [-0.2, 0) is 11.3 Å². The lowest BCUT2D eigenvalue weighted by atomic mass is 10.1. The van der Waals surface area contributed by atoms with Crippen molar-refractivity contribution >= 4 is 17.7 Å². The van der Waals surface area contributed by atoms with Gasteiger partial charge in [0, 0.05) is 36.4 Å². The highest BCUT2D eigenvalue weighted by Gasteiger charge is 2.27. The molecule has 2 aromatic heterocycles. The minimum absolute atomic E-state index is 0.122. The van der Waals surface area contributed by atoms with Crippen molar-refractivity contribution in [3.05, 3.63) is 41.5 Å². The third kappa shape index (κ3) is 3.02. The Morgan fingerprint density at radius 1 is 1.32 bits per heavy atom. The number of carbonyl (C=O) groups is 1. The number of fused-ring (bicyclic) bond motifs is 1. The van der Waals surface area contributed by atoms with Gasteiger partial charge in [-0.2, -0.15) is 0 Å². The first-order chi connectivity index (χ1) is 10.5. The van der Waals surface area contributed by atoms with Crippen molar-refractivity contribution in [1.82, 2.24) is 19.4 Å². The van der Waals surface area contributed by atoms with Gasteiger partial charge in [-0.05, 0) is 39.0 Å². The van der Waals surface area contributed by atoms with Gasteiger partial charge < -0.3 is 9.47 Å². The molecule has 3 rings (SSSR count). The number of amides is 1. The highest BCUT2D eigenvalue weighted by Crippen LogP contribution is 2.26. The van der Waals surface area contributed by atoms with Crippen molar-refractivity contribution in [2.75, 3.05) is 12.3 Å². The molecule has 0 bridgehead atoms. The van der Waals surface area contributed by atoms with Crippen LogP contribution in [0.15, 0.2) is 29.6 Å². The molecule has 1 aliphatic heterocycles. The SMILES string of the molecule is Cc1cc(C)nc(SCC(=O)N2CCn3cccc3C2C)n1. The van der Waals surface area contributed by atoms with E-state index in [9.17, 15) is 4.79 Å². The summed E-state index contributed by atoms with van der Waals surface area (Å²) in [6.45, 7) is 7.60. The van der Waals surface area contributed by atoms with Gasteiger partial charge >= 0.3 is 0 Å². The summed E-state index contributed by atoms with van der Waals surface area (Å²) in [5, 5.41) is 0.680. The fraction of sp³-hybridized carbons (Fsp3) is 0.438. The smallest absolute Gasteiger partial charge is 0.233 e. The van der Waals surface area contributed by atoms with E-state index >= 15 is 0 Å². The molecule has 1 aliphatic rings. The number of nitrogens with zero attached hydrogens (tertiary/aromatic N) is 4. The van der Waals surface area contributed by atoms with Crippen LogP contribution in [0.25, 0.3) is 0 Å². The highest BCUT2D eigenvalue weighted by molar-refractivity contribution is 7.99. The van der Waals surface area contributed by atoms with E-state index in [1.165, 1.54) is 17.5 Å². The zero-order valence-electron chi connectivity index (χ0n) is 13.1. The summed E-state index contributed by atoms with van der Waals surface area (Å²) >= 11 is 1.42. The summed E-state index contributed by atoms with van der Waals surface area (Å²) in [5.74, 6) is 0.529. The molecular formula is C16H20N4OS. The number of thioether (sulfide) groups is 1. The second-order valence-corrected chi connectivity index (χ2v) is 6.55. The van der Waals surface area contributed by atoms with E-state index in [-0.39, 0.29) is 11.9 Å². The van der Waals surface area contributed by atoms with E-state index in [0.717, 1.165) is 24.5 Å². The van der Waals surface area contributed by atoms with E-state index in [4.69, 9.17) is 0 Å². The Hall–Kier alpha value is -1.82. The van der Waals surface area contributed by atoms with Crippen molar-refractivity contribution < 1.29 is 4.79 Å². The Balaban J connectivity index is 1.65. The molecule has 2 aromatic rings. The van der Waals surface area contributed by atoms with Crippen LogP contribution in [-0.4, -0.2) is 37.6 Å². The first-order valence-electron chi connectivity index (χ1n) is 7.44. The van der Waals surface area contributed by atoms with Crippen molar-refractivity contribution in [3.63, 3.8) is 0 Å². The second kappa shape index (κ2) is 6.12. The molecule has 0 radical (unpaired) electrons. The topological polar surface area (TPSA) is 51.0 Å². The molecule has 0 N–H and O–H groups in total. The predicted octanol–water partition coefficient (Wildman–Crippen LogP) is 2.59. The first-order valence-corrected chi connectivity index (χ1v) is 8.43. The number of aryl methyl sites for hydroxylation is 2. The van der Waals surface area contributed by atoms with E-state index in [2.05, 4.69) is 33.7 Å². The van der Waals surface area contributed by atoms with Gasteiger partial charge in [-0.25, -0.2) is 9.97 Å². The summed E-state index contributed by atoms with van der Waals surface area (Å²) in [7, 11) is 0. The normalized spacial score (nSPS) is 17.4. The van der Waals surface area contributed by atoms with Crippen LogP contribution in [0.4, 0.5) is 0 Å². The van der Waals surface area contributed by atoms with Crippen LogP contribution in [0.1, 0.15) is 30.0 Å². The molecule has 6 heteroatoms. The largest absolute Gasteiger partial charge is 0.348 e. The van der Waals surface area contributed by atoms with Crippen LogP contribution in [0.5, 0.6) is 0 Å². The molecule has 0 aromatic carbocycles. The van der Waals surface area contributed by atoms with Gasteiger partial charge in [0.05, 0.1) is 11.8 Å². The molecular weight excluding hydrogens is 296 g/mol. The van der Waals surface area contributed by atoms with Crippen molar-refractivity contribution in [1.29, 1.82) is 0 Å². The maximum atomic E-state index is 12.5. The number of carbonyl (C=O) groups excluding carboxylic acids is 1. The highest BCUT2D eigenvalue weighted by atomic mass is 32.2. The molecule has 0 aliphatic carbocycles. The van der Waals surface area contributed by atoms with Crippen LogP contribution < -0.4 is 0 Å². The monoisotopic (exact) mass is 316 g/mol. The summed E-state index contributed by atoms with van der Waals surface area (Å²) in [6, 6.07) is 6.19. The van der Waals surface area contributed by atoms with E-state index in [1.807, 2.05) is 30.9 Å². The van der Waals surface area contributed by atoms with Crippen molar-refractivity contribution in [2.45, 2.75) is 38.5 Å². The lowest BCUT2D eigenvalue weighted by Crippen LogP contribution is -2.41. The van der Waals surface area contributed by atoms with Gasteiger partial charge in [0.15, 0.2) is 5.16 Å². The van der Waals surface area contributed by atoms with Crippen LogP contribution in [0.3, 0.4) is 0 Å². The molecule has 3 heterocycles. The fourth-order valence-electron chi connectivity index (χ4n) is 2.89. The van der Waals surface area contributed by atoms with E-state index in [1.54, 1.807) is 0 Å². The van der Waals surface area contributed by atoms with Gasteiger partial charge in [0.1, 0.15) is 0 Å². The third-order valence-electron chi connectivity index (χ3n) is 3.95. The predicted molar refractivity (Wildman–Crippen MR) is 86.8 cm³/mol. The molecule has 1 atom stereocenters. The Morgan fingerprint density at radius 2 is 2.05 bits per heavy atom. The average molecular weight is 316 g/mol. The molecule has 0 spiro atoms. The maximum Gasteiger partial charge on any atom is 0.233 e.